The molecule has 27 heavy (non-hydrogen) atoms. The monoisotopic (exact) mass is 398 g/mol. The van der Waals surface area contributed by atoms with Crippen LogP contribution in [0.2, 0.25) is 5.02 Å². The Balaban J connectivity index is 2.08. The Morgan fingerprint density at radius 1 is 1.22 bits per heavy atom. The van der Waals surface area contributed by atoms with Crippen LogP contribution in [-0.2, 0) is 11.3 Å². The van der Waals surface area contributed by atoms with Crippen molar-refractivity contribution in [1.29, 1.82) is 0 Å². The minimum absolute atomic E-state index is 0.272. The summed E-state index contributed by atoms with van der Waals surface area (Å²) >= 11 is 7.60. The lowest BCUT2D eigenvalue weighted by Gasteiger charge is -2.04. The summed E-state index contributed by atoms with van der Waals surface area (Å²) in [5.41, 5.74) is 2.49. The van der Waals surface area contributed by atoms with Crippen LogP contribution >= 0.6 is 22.9 Å². The molecule has 3 rings (SSSR count). The number of halogens is 1. The van der Waals surface area contributed by atoms with Crippen molar-refractivity contribution in [2.45, 2.75) is 13.5 Å². The lowest BCUT2D eigenvalue weighted by Crippen LogP contribution is -2.17. The number of benzene rings is 2. The highest BCUT2D eigenvalue weighted by molar-refractivity contribution is 7.16. The molecule has 1 aromatic heterocycles. The van der Waals surface area contributed by atoms with Gasteiger partial charge in [-0.3, -0.25) is 4.79 Å². The zero-order valence-electron chi connectivity index (χ0n) is 14.7. The third-order valence-electron chi connectivity index (χ3n) is 4.03. The van der Waals surface area contributed by atoms with Crippen LogP contribution in [-0.4, -0.2) is 23.6 Å². The van der Waals surface area contributed by atoms with Crippen molar-refractivity contribution in [3.63, 3.8) is 0 Å². The van der Waals surface area contributed by atoms with Gasteiger partial charge in [-0.1, -0.05) is 28.9 Å². The number of hydrogen-bond acceptors (Lipinski definition) is 4. The van der Waals surface area contributed by atoms with Gasteiger partial charge in [-0.15, -0.1) is 6.42 Å². The van der Waals surface area contributed by atoms with E-state index in [1.165, 1.54) is 30.6 Å². The van der Waals surface area contributed by atoms with Gasteiger partial charge in [-0.2, -0.15) is 4.99 Å². The summed E-state index contributed by atoms with van der Waals surface area (Å²) in [6, 6.07) is 9.83. The molecule has 5 nitrogen and oxygen atoms in total. The first-order valence-corrected chi connectivity index (χ1v) is 9.15. The van der Waals surface area contributed by atoms with E-state index in [1.54, 1.807) is 12.1 Å². The van der Waals surface area contributed by atoms with Crippen LogP contribution in [0.3, 0.4) is 0 Å². The molecule has 0 N–H and O–H groups in total. The minimum atomic E-state index is -0.463. The van der Waals surface area contributed by atoms with Crippen LogP contribution in [0.4, 0.5) is 0 Å². The van der Waals surface area contributed by atoms with E-state index in [4.69, 9.17) is 18.0 Å². The van der Waals surface area contributed by atoms with Crippen LogP contribution in [0.5, 0.6) is 0 Å². The van der Waals surface area contributed by atoms with Crippen molar-refractivity contribution in [3.05, 3.63) is 62.9 Å². The maximum atomic E-state index is 12.6. The van der Waals surface area contributed by atoms with Gasteiger partial charge in [0.1, 0.15) is 0 Å². The fraction of sp³-hybridized carbons (Fsp3) is 0.150. The average molecular weight is 399 g/mol. The SMILES string of the molecule is C#CCn1c(=NC(=O)c2ccc(C(=O)OC)cc2)sc2ccc(Cl)c(C)c21. The summed E-state index contributed by atoms with van der Waals surface area (Å²) in [5, 5.41) is 0.627. The first-order valence-electron chi connectivity index (χ1n) is 7.95. The largest absolute Gasteiger partial charge is 0.465 e. The average Bonchev–Trinajstić information content (AvgIpc) is 3.02. The van der Waals surface area contributed by atoms with Crippen LogP contribution in [0, 0.1) is 19.3 Å². The number of terminal acetylenes is 1. The highest BCUT2D eigenvalue weighted by Gasteiger charge is 2.13. The summed E-state index contributed by atoms with van der Waals surface area (Å²) < 4.78 is 7.40. The normalized spacial score (nSPS) is 11.4. The van der Waals surface area contributed by atoms with Gasteiger partial charge in [0.25, 0.3) is 5.91 Å². The van der Waals surface area contributed by atoms with E-state index in [2.05, 4.69) is 15.6 Å². The Morgan fingerprint density at radius 3 is 2.52 bits per heavy atom. The molecule has 136 valence electrons. The summed E-state index contributed by atoms with van der Waals surface area (Å²) in [5.74, 6) is 1.71. The van der Waals surface area contributed by atoms with Gasteiger partial charge in [0, 0.05) is 10.6 Å². The van der Waals surface area contributed by atoms with Crippen LogP contribution in [0.25, 0.3) is 10.2 Å². The summed E-state index contributed by atoms with van der Waals surface area (Å²) in [6.07, 6.45) is 5.50. The number of esters is 1. The summed E-state index contributed by atoms with van der Waals surface area (Å²) in [7, 11) is 1.30. The number of hydrogen-bond donors (Lipinski definition) is 0. The molecule has 0 radical (unpaired) electrons. The second-order valence-electron chi connectivity index (χ2n) is 5.68. The highest BCUT2D eigenvalue weighted by Crippen LogP contribution is 2.27. The number of nitrogens with zero attached hydrogens (tertiary/aromatic N) is 2. The molecule has 0 saturated carbocycles. The number of rotatable bonds is 3. The Kier molecular flexibility index (Phi) is 5.45. The van der Waals surface area contributed by atoms with Crippen LogP contribution in [0.15, 0.2) is 41.4 Å². The Morgan fingerprint density at radius 2 is 1.89 bits per heavy atom. The number of amides is 1. The van der Waals surface area contributed by atoms with Gasteiger partial charge in [0.05, 0.1) is 29.4 Å². The fourth-order valence-corrected chi connectivity index (χ4v) is 3.90. The van der Waals surface area contributed by atoms with Crippen molar-refractivity contribution in [1.82, 2.24) is 4.57 Å². The van der Waals surface area contributed by atoms with Crippen LogP contribution in [0.1, 0.15) is 26.3 Å². The van der Waals surface area contributed by atoms with Gasteiger partial charge in [-0.05, 0) is 48.9 Å². The highest BCUT2D eigenvalue weighted by atomic mass is 35.5. The topological polar surface area (TPSA) is 60.7 Å². The summed E-state index contributed by atoms with van der Waals surface area (Å²) in [4.78, 5) is 28.8. The molecule has 0 unspecified atom stereocenters. The van der Waals surface area contributed by atoms with E-state index in [0.29, 0.717) is 21.0 Å². The number of aromatic nitrogens is 1. The molecule has 2 aromatic carbocycles. The molecule has 3 aromatic rings. The first kappa shape index (κ1) is 18.9. The van der Waals surface area contributed by atoms with Gasteiger partial charge < -0.3 is 9.30 Å². The maximum Gasteiger partial charge on any atom is 0.337 e. The van der Waals surface area contributed by atoms with Crippen molar-refractivity contribution in [3.8, 4) is 12.3 Å². The smallest absolute Gasteiger partial charge is 0.337 e. The predicted octanol–water partition coefficient (Wildman–Crippen LogP) is 3.83. The third kappa shape index (κ3) is 3.65. The zero-order chi connectivity index (χ0) is 19.6. The quantitative estimate of drug-likeness (QED) is 0.497. The number of methoxy groups -OCH3 is 1. The number of fused-ring (bicyclic) bond motifs is 1. The van der Waals surface area contributed by atoms with E-state index >= 15 is 0 Å². The number of carbonyl (C=O) groups is 2. The fourth-order valence-electron chi connectivity index (χ4n) is 2.66. The van der Waals surface area contributed by atoms with E-state index < -0.39 is 11.9 Å². The molecule has 1 heterocycles. The predicted molar refractivity (Wildman–Crippen MR) is 106 cm³/mol. The van der Waals surface area contributed by atoms with E-state index in [1.807, 2.05) is 23.6 Å². The van der Waals surface area contributed by atoms with Crippen molar-refractivity contribution in [2.75, 3.05) is 7.11 Å². The lowest BCUT2D eigenvalue weighted by molar-refractivity contribution is 0.0600. The molecular weight excluding hydrogens is 384 g/mol. The first-order chi connectivity index (χ1) is 13.0. The molecule has 7 heteroatoms. The van der Waals surface area contributed by atoms with Crippen molar-refractivity contribution < 1.29 is 14.3 Å². The van der Waals surface area contributed by atoms with Gasteiger partial charge in [0.2, 0.25) is 0 Å². The molecule has 0 spiro atoms. The molecule has 0 aliphatic heterocycles. The van der Waals surface area contributed by atoms with E-state index in [9.17, 15) is 9.59 Å². The molecule has 0 aliphatic rings. The van der Waals surface area contributed by atoms with E-state index in [0.717, 1.165) is 15.8 Å². The zero-order valence-corrected chi connectivity index (χ0v) is 16.2. The number of thiazole rings is 1. The number of carbonyl (C=O) groups excluding carboxylic acids is 2. The molecule has 0 fully saturated rings. The molecular formula is C20H15ClN2O3S. The second kappa shape index (κ2) is 7.78. The molecule has 0 saturated heterocycles. The standard InChI is InChI=1S/C20H15ClN2O3S/c1-4-11-23-17-12(2)15(21)9-10-16(17)27-20(23)22-18(24)13-5-7-14(8-6-13)19(25)26-3/h1,5-10H,11H2,2-3H3. The Hall–Kier alpha value is -2.88. The third-order valence-corrected chi connectivity index (χ3v) is 5.48. The molecule has 1 amide bonds. The van der Waals surface area contributed by atoms with Gasteiger partial charge >= 0.3 is 5.97 Å². The van der Waals surface area contributed by atoms with Crippen LogP contribution < -0.4 is 4.80 Å². The number of aryl methyl sites for hydroxylation is 1. The summed E-state index contributed by atoms with van der Waals surface area (Å²) in [6.45, 7) is 2.18. The lowest BCUT2D eigenvalue weighted by atomic mass is 10.1. The number of ether oxygens (including phenoxy) is 1. The van der Waals surface area contributed by atoms with E-state index in [-0.39, 0.29) is 6.54 Å². The van der Waals surface area contributed by atoms with Crippen molar-refractivity contribution in [2.24, 2.45) is 4.99 Å². The molecule has 0 atom stereocenters. The van der Waals surface area contributed by atoms with Crippen molar-refractivity contribution >= 4 is 45.0 Å². The maximum absolute atomic E-state index is 12.6. The Labute approximate surface area is 164 Å². The minimum Gasteiger partial charge on any atom is -0.465 e. The van der Waals surface area contributed by atoms with Gasteiger partial charge in [-0.25, -0.2) is 4.79 Å². The second-order valence-corrected chi connectivity index (χ2v) is 7.10. The molecule has 0 aliphatic carbocycles. The van der Waals surface area contributed by atoms with Gasteiger partial charge in [0.15, 0.2) is 4.80 Å². The molecule has 0 bridgehead atoms. The Bertz CT molecular complexity index is 1150.